The molecular weight excluding hydrogens is 518 g/mol. The zero-order valence-corrected chi connectivity index (χ0v) is 19.4. The molecule has 5 rings (SSSR count). The third-order valence-electron chi connectivity index (χ3n) is 4.69. The molecule has 0 saturated heterocycles. The fourth-order valence-corrected chi connectivity index (χ4v) is 3.80. The minimum absolute atomic E-state index is 0.0145. The van der Waals surface area contributed by atoms with Crippen LogP contribution in [-0.2, 0) is 4.79 Å². The van der Waals surface area contributed by atoms with Gasteiger partial charge in [0.15, 0.2) is 10.8 Å². The molecule has 188 valence electrons. The second-order valence-electron chi connectivity index (χ2n) is 7.39. The molecule has 0 N–H and O–H groups in total. The number of fused-ring (bicyclic) bond motifs is 1. The molecule has 5 aromatic rings. The van der Waals surface area contributed by atoms with Gasteiger partial charge < -0.3 is 14.3 Å². The summed E-state index contributed by atoms with van der Waals surface area (Å²) in [5.41, 5.74) is -0.0837. The molecule has 3 heterocycles. The first-order valence-corrected chi connectivity index (χ1v) is 11.1. The van der Waals surface area contributed by atoms with Gasteiger partial charge in [-0.25, -0.2) is 19.2 Å². The van der Waals surface area contributed by atoms with E-state index in [9.17, 15) is 22.4 Å². The zero-order chi connectivity index (χ0) is 26.2. The van der Waals surface area contributed by atoms with Crippen molar-refractivity contribution >= 4 is 28.5 Å². The Bertz CT molecular complexity index is 1590. The van der Waals surface area contributed by atoms with E-state index in [1.165, 1.54) is 48.8 Å². The van der Waals surface area contributed by atoms with Gasteiger partial charge in [0.25, 0.3) is 0 Å². The number of carbonyl (C=O) groups excluding carboxylic acids is 1. The number of aromatic nitrogens is 5. The standard InChI is InChI=1S/C23H13F4N5O4S/c1-12-29-21(37-31-12)20-30-19-17(32(20)36-22(33)23(25,26)27)9-16(34-15-3-2-8-28-11-15)10-18(19)35-14-6-4-13(24)5-7-14/h2-11H,1H3. The number of pyridine rings is 1. The van der Waals surface area contributed by atoms with E-state index in [2.05, 4.69) is 19.3 Å². The summed E-state index contributed by atoms with van der Waals surface area (Å²) in [5, 5.41) is 0.0890. The van der Waals surface area contributed by atoms with Crippen molar-refractivity contribution in [2.75, 3.05) is 0 Å². The maximum Gasteiger partial charge on any atom is 0.493 e. The highest BCUT2D eigenvalue weighted by molar-refractivity contribution is 7.09. The third kappa shape index (κ3) is 5.18. The van der Waals surface area contributed by atoms with Crippen molar-refractivity contribution in [3.05, 3.63) is 72.6 Å². The van der Waals surface area contributed by atoms with Gasteiger partial charge >= 0.3 is 12.1 Å². The predicted octanol–water partition coefficient (Wildman–Crippen LogP) is 5.50. The van der Waals surface area contributed by atoms with Gasteiger partial charge in [0.05, 0.1) is 6.20 Å². The van der Waals surface area contributed by atoms with Crippen molar-refractivity contribution in [2.24, 2.45) is 0 Å². The van der Waals surface area contributed by atoms with E-state index in [1.54, 1.807) is 19.1 Å². The minimum Gasteiger partial charge on any atom is -0.456 e. The van der Waals surface area contributed by atoms with Crippen LogP contribution in [0.4, 0.5) is 17.6 Å². The van der Waals surface area contributed by atoms with E-state index < -0.39 is 18.0 Å². The lowest BCUT2D eigenvalue weighted by molar-refractivity contribution is -0.199. The predicted molar refractivity (Wildman–Crippen MR) is 122 cm³/mol. The van der Waals surface area contributed by atoms with Crippen LogP contribution >= 0.6 is 11.5 Å². The summed E-state index contributed by atoms with van der Waals surface area (Å²) < 4.78 is 69.1. The lowest BCUT2D eigenvalue weighted by Crippen LogP contribution is -2.33. The Kier molecular flexibility index (Phi) is 6.17. The Hall–Kier alpha value is -4.59. The van der Waals surface area contributed by atoms with Crippen molar-refractivity contribution in [2.45, 2.75) is 13.1 Å². The van der Waals surface area contributed by atoms with Gasteiger partial charge in [0.1, 0.15) is 39.9 Å². The molecule has 0 aliphatic rings. The number of nitrogens with zero attached hydrogens (tertiary/aromatic N) is 5. The first kappa shape index (κ1) is 24.1. The summed E-state index contributed by atoms with van der Waals surface area (Å²) in [6.45, 7) is 1.58. The van der Waals surface area contributed by atoms with Gasteiger partial charge in [0.2, 0.25) is 5.82 Å². The molecule has 2 aromatic carbocycles. The zero-order valence-electron chi connectivity index (χ0n) is 18.6. The molecule has 0 aliphatic carbocycles. The fraction of sp³-hybridized carbons (Fsp3) is 0.0870. The van der Waals surface area contributed by atoms with Gasteiger partial charge in [-0.15, -0.1) is 4.73 Å². The fourth-order valence-electron chi connectivity index (χ4n) is 3.16. The average molecular weight is 531 g/mol. The molecule has 14 heteroatoms. The Labute approximate surface area is 209 Å². The smallest absolute Gasteiger partial charge is 0.456 e. The van der Waals surface area contributed by atoms with Crippen LogP contribution in [0.3, 0.4) is 0 Å². The van der Waals surface area contributed by atoms with E-state index in [0.717, 1.165) is 11.5 Å². The number of imidazole rings is 1. The molecular formula is C23H13F4N5O4S. The molecule has 0 unspecified atom stereocenters. The van der Waals surface area contributed by atoms with E-state index in [0.29, 0.717) is 16.3 Å². The van der Waals surface area contributed by atoms with E-state index in [4.69, 9.17) is 14.3 Å². The molecule has 0 spiro atoms. The summed E-state index contributed by atoms with van der Waals surface area (Å²) >= 11 is 0.846. The van der Waals surface area contributed by atoms with Gasteiger partial charge in [-0.2, -0.15) is 17.5 Å². The largest absolute Gasteiger partial charge is 0.493 e. The van der Waals surface area contributed by atoms with Crippen molar-refractivity contribution in [1.82, 2.24) is 24.1 Å². The van der Waals surface area contributed by atoms with Gasteiger partial charge in [-0.1, -0.05) is 0 Å². The number of benzene rings is 2. The Balaban J connectivity index is 1.71. The average Bonchev–Trinajstić information content (AvgIpc) is 3.44. The number of ether oxygens (including phenoxy) is 2. The van der Waals surface area contributed by atoms with E-state index >= 15 is 0 Å². The normalized spacial score (nSPS) is 11.5. The molecule has 0 atom stereocenters. The molecule has 0 amide bonds. The minimum atomic E-state index is -5.29. The summed E-state index contributed by atoms with van der Waals surface area (Å²) in [6, 6.07) is 11.0. The van der Waals surface area contributed by atoms with Crippen LogP contribution < -0.4 is 14.3 Å². The van der Waals surface area contributed by atoms with Crippen LogP contribution in [0.25, 0.3) is 21.9 Å². The number of aryl methyl sites for hydroxylation is 1. The Morgan fingerprint density at radius 3 is 2.43 bits per heavy atom. The number of alkyl halides is 3. The summed E-state index contributed by atoms with van der Waals surface area (Å²) in [6.07, 6.45) is -2.34. The first-order valence-electron chi connectivity index (χ1n) is 10.4. The highest BCUT2D eigenvalue weighted by Gasteiger charge is 2.43. The summed E-state index contributed by atoms with van der Waals surface area (Å²) in [5.74, 6) is -2.22. The molecule has 3 aromatic heterocycles. The maximum absolute atomic E-state index is 13.4. The second kappa shape index (κ2) is 9.46. The Morgan fingerprint density at radius 1 is 1.00 bits per heavy atom. The molecule has 0 aliphatic heterocycles. The maximum atomic E-state index is 13.4. The highest BCUT2D eigenvalue weighted by atomic mass is 32.1. The number of halogens is 4. The topological polar surface area (TPSA) is 101 Å². The number of rotatable bonds is 6. The number of hydrogen-bond donors (Lipinski definition) is 0. The molecule has 9 nitrogen and oxygen atoms in total. The molecule has 37 heavy (non-hydrogen) atoms. The van der Waals surface area contributed by atoms with Crippen LogP contribution in [0.1, 0.15) is 5.82 Å². The lowest BCUT2D eigenvalue weighted by Gasteiger charge is -2.12. The summed E-state index contributed by atoms with van der Waals surface area (Å²) in [7, 11) is 0. The SMILES string of the molecule is Cc1nsc(-c2nc3c(Oc4ccc(F)cc4)cc(Oc4cccnc4)cc3n2OC(=O)C(F)(F)F)n1. The van der Waals surface area contributed by atoms with E-state index in [1.807, 2.05) is 0 Å². The van der Waals surface area contributed by atoms with Gasteiger partial charge in [0, 0.05) is 18.3 Å². The van der Waals surface area contributed by atoms with Crippen LogP contribution in [0.15, 0.2) is 60.9 Å². The van der Waals surface area contributed by atoms with Crippen molar-refractivity contribution in [3.8, 4) is 33.8 Å². The number of carbonyl (C=O) groups is 1. The van der Waals surface area contributed by atoms with Gasteiger partial charge in [-0.05, 0) is 54.9 Å². The Morgan fingerprint density at radius 2 is 1.78 bits per heavy atom. The van der Waals surface area contributed by atoms with Crippen LogP contribution in [0, 0.1) is 12.7 Å². The monoisotopic (exact) mass is 531 g/mol. The van der Waals surface area contributed by atoms with Crippen LogP contribution in [-0.4, -0.2) is 36.2 Å². The third-order valence-corrected chi connectivity index (χ3v) is 5.50. The second-order valence-corrected chi connectivity index (χ2v) is 8.14. The van der Waals surface area contributed by atoms with Crippen LogP contribution in [0.2, 0.25) is 0 Å². The number of hydrogen-bond acceptors (Lipinski definition) is 9. The lowest BCUT2D eigenvalue weighted by atomic mass is 10.2. The first-order chi connectivity index (χ1) is 17.7. The highest BCUT2D eigenvalue weighted by Crippen LogP contribution is 2.38. The van der Waals surface area contributed by atoms with E-state index in [-0.39, 0.29) is 39.1 Å². The molecule has 0 fully saturated rings. The van der Waals surface area contributed by atoms with Crippen molar-refractivity contribution in [3.63, 3.8) is 0 Å². The summed E-state index contributed by atoms with van der Waals surface area (Å²) in [4.78, 5) is 29.0. The molecule has 0 bridgehead atoms. The molecule has 0 saturated carbocycles. The van der Waals surface area contributed by atoms with Crippen molar-refractivity contribution in [1.29, 1.82) is 0 Å². The van der Waals surface area contributed by atoms with Crippen LogP contribution in [0.5, 0.6) is 23.0 Å². The van der Waals surface area contributed by atoms with Crippen molar-refractivity contribution < 1.29 is 36.7 Å². The van der Waals surface area contributed by atoms with Gasteiger partial charge in [-0.3, -0.25) is 4.98 Å². The molecule has 0 radical (unpaired) electrons. The quantitative estimate of drug-likeness (QED) is 0.265.